The number of amides is 1. The number of carbonyl (C=O) groups excluding carboxylic acids is 1. The molecule has 30 heavy (non-hydrogen) atoms. The molecule has 0 saturated heterocycles. The summed E-state index contributed by atoms with van der Waals surface area (Å²) in [6, 6.07) is 18.8. The summed E-state index contributed by atoms with van der Waals surface area (Å²) in [5.41, 5.74) is 7.59. The van der Waals surface area contributed by atoms with E-state index in [1.165, 1.54) is 22.6 Å². The lowest BCUT2D eigenvalue weighted by molar-refractivity contribution is -0.126. The molecule has 0 radical (unpaired) electrons. The summed E-state index contributed by atoms with van der Waals surface area (Å²) in [6.45, 7) is 1.38. The van der Waals surface area contributed by atoms with E-state index in [1.54, 1.807) is 29.5 Å². The van der Waals surface area contributed by atoms with Gasteiger partial charge in [-0.3, -0.25) is 14.2 Å². The van der Waals surface area contributed by atoms with Crippen molar-refractivity contribution in [2.75, 3.05) is 6.54 Å². The van der Waals surface area contributed by atoms with Crippen LogP contribution in [0.4, 0.5) is 0 Å². The molecule has 4 rings (SSSR count). The molecule has 0 aliphatic carbocycles. The fourth-order valence-corrected chi connectivity index (χ4v) is 4.90. The number of benzene rings is 2. The highest BCUT2D eigenvalue weighted by Gasteiger charge is 2.43. The first kappa shape index (κ1) is 22.5. The van der Waals surface area contributed by atoms with Gasteiger partial charge >= 0.3 is 0 Å². The lowest BCUT2D eigenvalue weighted by Crippen LogP contribution is -2.52. The van der Waals surface area contributed by atoms with Gasteiger partial charge in [-0.25, -0.2) is 0 Å². The van der Waals surface area contributed by atoms with Gasteiger partial charge in [-0.05, 0) is 41.1 Å². The molecule has 1 unspecified atom stereocenters. The molecular formula is C21H21ClN2O4S2. The van der Waals surface area contributed by atoms with Crippen molar-refractivity contribution in [3.63, 3.8) is 0 Å². The number of fused-ring (bicyclic) bond motifs is 1. The maximum Gasteiger partial charge on any atom is 0.294 e. The lowest BCUT2D eigenvalue weighted by Gasteiger charge is -2.39. The minimum absolute atomic E-state index is 0.0741. The average molecular weight is 465 g/mol. The molecule has 6 nitrogen and oxygen atoms in total. The Morgan fingerprint density at radius 1 is 1.07 bits per heavy atom. The van der Waals surface area contributed by atoms with Gasteiger partial charge in [0.15, 0.2) is 0 Å². The standard InChI is InChI=1S/C15H15ClN2OS.C6H6O3S/c16-15(14(17)19,12-4-2-1-3-5-12)18-8-6-13-11(10-18)7-9-20-13;7-10(8,9)6-4-2-1-3-5-6/h1-5,7,9H,6,8,10H2,(H2,17,19);1-5H,(H,7,8,9). The van der Waals surface area contributed by atoms with Crippen LogP contribution in [0.5, 0.6) is 0 Å². The average Bonchev–Trinajstić information content (AvgIpc) is 3.22. The van der Waals surface area contributed by atoms with Crippen LogP contribution in [0.3, 0.4) is 0 Å². The maximum absolute atomic E-state index is 12.0. The number of hydrogen-bond acceptors (Lipinski definition) is 5. The highest BCUT2D eigenvalue weighted by atomic mass is 35.5. The molecular weight excluding hydrogens is 444 g/mol. The van der Waals surface area contributed by atoms with Crippen molar-refractivity contribution < 1.29 is 17.8 Å². The Kier molecular flexibility index (Phi) is 6.95. The molecule has 9 heteroatoms. The molecule has 0 spiro atoms. The molecule has 3 N–H and O–H groups in total. The van der Waals surface area contributed by atoms with Crippen LogP contribution in [-0.4, -0.2) is 30.3 Å². The molecule has 1 amide bonds. The number of thiophene rings is 1. The van der Waals surface area contributed by atoms with Gasteiger partial charge in [-0.2, -0.15) is 8.42 Å². The zero-order chi connectivity index (χ0) is 21.8. The van der Waals surface area contributed by atoms with Gasteiger partial charge in [0, 0.05) is 18.0 Å². The molecule has 1 aliphatic heterocycles. The van der Waals surface area contributed by atoms with Crippen LogP contribution in [0.15, 0.2) is 77.0 Å². The molecule has 0 saturated carbocycles. The number of carbonyl (C=O) groups is 1. The Bertz CT molecular complexity index is 1100. The van der Waals surface area contributed by atoms with E-state index in [2.05, 4.69) is 11.4 Å². The lowest BCUT2D eigenvalue weighted by atomic mass is 10.00. The van der Waals surface area contributed by atoms with Crippen molar-refractivity contribution in [1.29, 1.82) is 0 Å². The maximum atomic E-state index is 12.0. The smallest absolute Gasteiger partial charge is 0.294 e. The third-order valence-electron chi connectivity index (χ3n) is 4.77. The van der Waals surface area contributed by atoms with Gasteiger partial charge in [0.1, 0.15) is 0 Å². The molecule has 3 aromatic rings. The fraction of sp³-hybridized carbons (Fsp3) is 0.190. The van der Waals surface area contributed by atoms with Gasteiger partial charge in [0.25, 0.3) is 16.0 Å². The minimum atomic E-state index is -4.00. The first-order valence-electron chi connectivity index (χ1n) is 9.10. The van der Waals surface area contributed by atoms with Gasteiger partial charge in [-0.1, -0.05) is 60.1 Å². The quantitative estimate of drug-likeness (QED) is 0.349. The van der Waals surface area contributed by atoms with Crippen LogP contribution in [0.1, 0.15) is 16.0 Å². The fourth-order valence-electron chi connectivity index (χ4n) is 3.24. The predicted octanol–water partition coefficient (Wildman–Crippen LogP) is 3.62. The second-order valence-electron chi connectivity index (χ2n) is 6.68. The first-order valence-corrected chi connectivity index (χ1v) is 11.8. The van der Waals surface area contributed by atoms with Crippen LogP contribution in [-0.2, 0) is 32.9 Å². The van der Waals surface area contributed by atoms with Crippen LogP contribution < -0.4 is 5.73 Å². The van der Waals surface area contributed by atoms with Crippen molar-refractivity contribution in [2.24, 2.45) is 5.73 Å². The first-order chi connectivity index (χ1) is 14.2. The van der Waals surface area contributed by atoms with E-state index in [4.69, 9.17) is 21.9 Å². The van der Waals surface area contributed by atoms with E-state index in [9.17, 15) is 13.2 Å². The summed E-state index contributed by atoms with van der Waals surface area (Å²) in [5.74, 6) is -0.524. The van der Waals surface area contributed by atoms with Gasteiger partial charge in [0.2, 0.25) is 5.00 Å². The van der Waals surface area contributed by atoms with Crippen LogP contribution in [0.2, 0.25) is 0 Å². The van der Waals surface area contributed by atoms with Crippen molar-refractivity contribution in [2.45, 2.75) is 22.9 Å². The van der Waals surface area contributed by atoms with Crippen molar-refractivity contribution in [1.82, 2.24) is 4.90 Å². The van der Waals surface area contributed by atoms with E-state index >= 15 is 0 Å². The number of hydrogen-bond donors (Lipinski definition) is 2. The summed E-state index contributed by atoms with van der Waals surface area (Å²) < 4.78 is 29.2. The van der Waals surface area contributed by atoms with Crippen molar-refractivity contribution in [3.05, 3.63) is 88.1 Å². The van der Waals surface area contributed by atoms with E-state index in [-0.39, 0.29) is 4.90 Å². The number of nitrogens with zero attached hydrogens (tertiary/aromatic N) is 1. The van der Waals surface area contributed by atoms with E-state index in [0.29, 0.717) is 6.54 Å². The number of nitrogens with two attached hydrogens (primary N) is 1. The van der Waals surface area contributed by atoms with Crippen molar-refractivity contribution >= 4 is 39.0 Å². The Hall–Kier alpha value is -2.23. The molecule has 2 aromatic carbocycles. The topological polar surface area (TPSA) is 101 Å². The highest BCUT2D eigenvalue weighted by Crippen LogP contribution is 2.37. The number of primary amides is 1. The van der Waals surface area contributed by atoms with Crippen LogP contribution in [0.25, 0.3) is 0 Å². The third kappa shape index (κ3) is 4.91. The highest BCUT2D eigenvalue weighted by molar-refractivity contribution is 7.85. The van der Waals surface area contributed by atoms with Crippen LogP contribution in [0, 0.1) is 0 Å². The van der Waals surface area contributed by atoms with E-state index < -0.39 is 21.0 Å². The van der Waals surface area contributed by atoms with Crippen molar-refractivity contribution in [3.8, 4) is 0 Å². The van der Waals surface area contributed by atoms with Gasteiger partial charge in [0.05, 0.1) is 4.90 Å². The summed E-state index contributed by atoms with van der Waals surface area (Å²) in [5, 5.41) is 2.08. The zero-order valence-corrected chi connectivity index (χ0v) is 18.3. The molecule has 1 atom stereocenters. The van der Waals surface area contributed by atoms with Crippen LogP contribution >= 0.6 is 22.9 Å². The number of alkyl halides is 1. The Morgan fingerprint density at radius 2 is 1.67 bits per heavy atom. The molecule has 1 aromatic heterocycles. The Labute approximate surface area is 184 Å². The predicted molar refractivity (Wildman–Crippen MR) is 118 cm³/mol. The monoisotopic (exact) mass is 464 g/mol. The minimum Gasteiger partial charge on any atom is -0.367 e. The normalized spacial score (nSPS) is 15.9. The molecule has 158 valence electrons. The SMILES string of the molecule is NC(=O)C(Cl)(c1ccccc1)N1CCc2sccc2C1.O=S(=O)(O)c1ccccc1. The zero-order valence-electron chi connectivity index (χ0n) is 15.9. The summed E-state index contributed by atoms with van der Waals surface area (Å²) >= 11 is 8.42. The van der Waals surface area contributed by atoms with E-state index in [1.807, 2.05) is 35.2 Å². The molecule has 1 aliphatic rings. The molecule has 0 bridgehead atoms. The Morgan fingerprint density at radius 3 is 2.20 bits per heavy atom. The second-order valence-corrected chi connectivity index (χ2v) is 9.65. The van der Waals surface area contributed by atoms with Gasteiger partial charge in [-0.15, -0.1) is 11.3 Å². The summed E-state index contributed by atoms with van der Waals surface area (Å²) in [6.07, 6.45) is 0.904. The number of halogens is 1. The summed E-state index contributed by atoms with van der Waals surface area (Å²) in [7, 11) is -4.00. The largest absolute Gasteiger partial charge is 0.367 e. The van der Waals surface area contributed by atoms with Gasteiger partial charge < -0.3 is 5.73 Å². The number of rotatable bonds is 4. The molecule has 0 fully saturated rings. The summed E-state index contributed by atoms with van der Waals surface area (Å²) in [4.78, 5) is 14.0. The third-order valence-corrected chi connectivity index (χ3v) is 7.30. The second kappa shape index (κ2) is 9.28. The molecule has 2 heterocycles. The Balaban J connectivity index is 0.000000216. The van der Waals surface area contributed by atoms with E-state index in [0.717, 1.165) is 18.5 Å².